The fourth-order valence-corrected chi connectivity index (χ4v) is 2.19. The zero-order chi connectivity index (χ0) is 19.0. The molecule has 138 valence electrons. The van der Waals surface area contributed by atoms with Gasteiger partial charge in [0, 0.05) is 12.5 Å². The summed E-state index contributed by atoms with van der Waals surface area (Å²) in [6.45, 7) is 7.01. The predicted octanol–water partition coefficient (Wildman–Crippen LogP) is 2.84. The van der Waals surface area contributed by atoms with Gasteiger partial charge in [-0.05, 0) is 62.2 Å². The van der Waals surface area contributed by atoms with Gasteiger partial charge in [0.05, 0.1) is 6.54 Å². The molecule has 0 radical (unpaired) electrons. The third-order valence-electron chi connectivity index (χ3n) is 3.01. The van der Waals surface area contributed by atoms with Gasteiger partial charge >= 0.3 is 6.09 Å². The molecule has 1 aromatic heterocycles. The number of alkyl carbamates (subject to hydrolysis) is 1. The number of nitrogens with one attached hydrogen (secondary N) is 2. The van der Waals surface area contributed by atoms with Crippen molar-refractivity contribution in [2.45, 2.75) is 52.2 Å². The second-order valence-electron chi connectivity index (χ2n) is 6.63. The molecule has 0 fully saturated rings. The number of halogens is 1. The topological polar surface area (TPSA) is 97.4 Å². The van der Waals surface area contributed by atoms with E-state index in [2.05, 4.69) is 31.5 Å². The average molecular weight is 414 g/mol. The third-order valence-corrected chi connectivity index (χ3v) is 3.46. The van der Waals surface area contributed by atoms with Crippen LogP contribution >= 0.6 is 15.9 Å². The Hall–Kier alpha value is -1.96. The van der Waals surface area contributed by atoms with Crippen molar-refractivity contribution in [2.24, 2.45) is 0 Å². The second-order valence-corrected chi connectivity index (χ2v) is 7.44. The third kappa shape index (κ3) is 9.19. The minimum absolute atomic E-state index is 0.115. The van der Waals surface area contributed by atoms with Crippen molar-refractivity contribution in [3.8, 4) is 0 Å². The highest BCUT2D eigenvalue weighted by atomic mass is 79.9. The highest BCUT2D eigenvalue weighted by Crippen LogP contribution is 2.08. The van der Waals surface area contributed by atoms with E-state index in [0.29, 0.717) is 11.0 Å². The van der Waals surface area contributed by atoms with Crippen LogP contribution in [0.25, 0.3) is 0 Å². The van der Waals surface area contributed by atoms with Crippen molar-refractivity contribution >= 4 is 33.7 Å². The van der Waals surface area contributed by atoms with Gasteiger partial charge in [-0.2, -0.15) is 0 Å². The average Bonchev–Trinajstić information content (AvgIpc) is 2.48. The minimum Gasteiger partial charge on any atom is -0.444 e. The van der Waals surface area contributed by atoms with E-state index in [-0.39, 0.29) is 36.4 Å². The van der Waals surface area contributed by atoms with Crippen LogP contribution in [0.2, 0.25) is 0 Å². The van der Waals surface area contributed by atoms with Crippen molar-refractivity contribution in [1.82, 2.24) is 15.6 Å². The zero-order valence-corrected chi connectivity index (χ0v) is 16.5. The number of amides is 2. The summed E-state index contributed by atoms with van der Waals surface area (Å²) < 4.78 is 5.71. The first-order chi connectivity index (χ1) is 11.6. The largest absolute Gasteiger partial charge is 0.444 e. The van der Waals surface area contributed by atoms with Gasteiger partial charge in [-0.3, -0.25) is 9.59 Å². The summed E-state index contributed by atoms with van der Waals surface area (Å²) in [6.07, 6.45) is 0.112. The van der Waals surface area contributed by atoms with E-state index in [9.17, 15) is 14.4 Å². The highest BCUT2D eigenvalue weighted by Gasteiger charge is 2.18. The van der Waals surface area contributed by atoms with E-state index in [1.807, 2.05) is 0 Å². The van der Waals surface area contributed by atoms with Crippen molar-refractivity contribution in [1.29, 1.82) is 0 Å². The maximum atomic E-state index is 11.9. The predicted molar refractivity (Wildman–Crippen MR) is 97.3 cm³/mol. The molecule has 2 amide bonds. The molecule has 0 aliphatic heterocycles. The van der Waals surface area contributed by atoms with E-state index in [0.717, 1.165) is 0 Å². The van der Waals surface area contributed by atoms with Crippen LogP contribution in [0.3, 0.4) is 0 Å². The van der Waals surface area contributed by atoms with Crippen LogP contribution in [0.5, 0.6) is 0 Å². The lowest BCUT2D eigenvalue weighted by molar-refractivity contribution is -0.121. The smallest absolute Gasteiger partial charge is 0.407 e. The molecule has 2 N–H and O–H groups in total. The number of pyridine rings is 1. The number of hydrogen-bond donors (Lipinski definition) is 2. The summed E-state index contributed by atoms with van der Waals surface area (Å²) >= 11 is 3.19. The molecule has 0 saturated heterocycles. The Labute approximate surface area is 156 Å². The van der Waals surface area contributed by atoms with Crippen molar-refractivity contribution in [2.75, 3.05) is 6.54 Å². The molecule has 25 heavy (non-hydrogen) atoms. The van der Waals surface area contributed by atoms with Crippen LogP contribution in [0.4, 0.5) is 4.79 Å². The van der Waals surface area contributed by atoms with Crippen LogP contribution in [0.1, 0.15) is 51.0 Å². The monoisotopic (exact) mass is 413 g/mol. The first-order valence-corrected chi connectivity index (χ1v) is 8.78. The first kappa shape index (κ1) is 21.1. The molecule has 0 saturated carbocycles. The van der Waals surface area contributed by atoms with Crippen molar-refractivity contribution in [3.05, 3.63) is 28.5 Å². The van der Waals surface area contributed by atoms with Crippen LogP contribution in [-0.4, -0.2) is 41.0 Å². The van der Waals surface area contributed by atoms with Crippen LogP contribution in [0, 0.1) is 0 Å². The van der Waals surface area contributed by atoms with Gasteiger partial charge in [0.1, 0.15) is 15.9 Å². The number of nitrogens with zero attached hydrogens (tertiary/aromatic N) is 1. The lowest BCUT2D eigenvalue weighted by Gasteiger charge is -2.21. The quantitative estimate of drug-likeness (QED) is 0.528. The molecular weight excluding hydrogens is 390 g/mol. The maximum absolute atomic E-state index is 11.9. The van der Waals surface area contributed by atoms with Crippen molar-refractivity contribution in [3.63, 3.8) is 0 Å². The molecule has 1 aromatic rings. The molecule has 7 nitrogen and oxygen atoms in total. The minimum atomic E-state index is -0.567. The summed E-state index contributed by atoms with van der Waals surface area (Å²) in [7, 11) is 0. The summed E-state index contributed by atoms with van der Waals surface area (Å²) in [5.41, 5.74) is -0.281. The van der Waals surface area contributed by atoms with Crippen LogP contribution in [-0.2, 0) is 9.53 Å². The highest BCUT2D eigenvalue weighted by molar-refractivity contribution is 9.10. The fourth-order valence-electron chi connectivity index (χ4n) is 1.85. The number of aromatic nitrogens is 1. The van der Waals surface area contributed by atoms with Gasteiger partial charge in [-0.1, -0.05) is 6.07 Å². The molecule has 0 unspecified atom stereocenters. The molecule has 0 bridgehead atoms. The number of carbonyl (C=O) groups is 3. The molecule has 0 aliphatic rings. The molecule has 0 spiro atoms. The molecule has 1 heterocycles. The Morgan fingerprint density at radius 1 is 1.28 bits per heavy atom. The van der Waals surface area contributed by atoms with Crippen LogP contribution < -0.4 is 10.6 Å². The summed E-state index contributed by atoms with van der Waals surface area (Å²) in [5.74, 6) is -0.532. The lowest BCUT2D eigenvalue weighted by Crippen LogP contribution is -2.38. The lowest BCUT2D eigenvalue weighted by atomic mass is 10.1. The number of carbonyl (C=O) groups excluding carboxylic acids is 3. The Bertz CT molecular complexity index is 629. The number of ketones is 1. The maximum Gasteiger partial charge on any atom is 0.407 e. The van der Waals surface area contributed by atoms with Gasteiger partial charge < -0.3 is 15.4 Å². The molecular formula is C17H24BrN3O4. The number of Topliss-reactive ketones (excluding diaryl/α,β-unsaturated/α-hetero) is 1. The Morgan fingerprint density at radius 2 is 1.96 bits per heavy atom. The Kier molecular flexibility index (Phi) is 8.02. The van der Waals surface area contributed by atoms with E-state index in [1.165, 1.54) is 0 Å². The van der Waals surface area contributed by atoms with E-state index < -0.39 is 11.7 Å². The number of hydrogen-bond acceptors (Lipinski definition) is 5. The molecule has 8 heteroatoms. The Balaban J connectivity index is 2.30. The van der Waals surface area contributed by atoms with Gasteiger partial charge in [-0.25, -0.2) is 9.78 Å². The second kappa shape index (κ2) is 9.50. The normalized spacial score (nSPS) is 12.2. The number of ether oxygens (including phenoxy) is 1. The van der Waals surface area contributed by atoms with E-state index >= 15 is 0 Å². The molecule has 1 atom stereocenters. The molecule has 0 aliphatic carbocycles. The number of rotatable bonds is 7. The Morgan fingerprint density at radius 3 is 2.56 bits per heavy atom. The summed E-state index contributed by atoms with van der Waals surface area (Å²) in [5, 5.41) is 5.22. The van der Waals surface area contributed by atoms with Crippen LogP contribution in [0.15, 0.2) is 22.8 Å². The van der Waals surface area contributed by atoms with E-state index in [4.69, 9.17) is 4.74 Å². The van der Waals surface area contributed by atoms with Gasteiger partial charge in [0.2, 0.25) is 5.91 Å². The summed E-state index contributed by atoms with van der Waals surface area (Å²) in [6, 6.07) is 4.79. The first-order valence-electron chi connectivity index (χ1n) is 7.99. The standard InChI is InChI=1S/C17H24BrN3O4/c1-11(20-16(24)25-17(2,3)4)8-9-15(23)19-10-13(22)12-6-5-7-14(18)21-12/h5-7,11H,8-10H2,1-4H3,(H,19,23)(H,20,24)/t11-/m0/s1. The fraction of sp³-hybridized carbons (Fsp3) is 0.529. The molecule has 1 rings (SSSR count). The summed E-state index contributed by atoms with van der Waals surface area (Å²) in [4.78, 5) is 39.4. The SMILES string of the molecule is C[C@@H](CCC(=O)NCC(=O)c1cccc(Br)n1)NC(=O)OC(C)(C)C. The van der Waals surface area contributed by atoms with E-state index in [1.54, 1.807) is 45.9 Å². The van der Waals surface area contributed by atoms with Gasteiger partial charge in [-0.15, -0.1) is 0 Å². The molecule has 0 aromatic carbocycles. The van der Waals surface area contributed by atoms with Gasteiger partial charge in [0.15, 0.2) is 5.78 Å². The van der Waals surface area contributed by atoms with Crippen molar-refractivity contribution < 1.29 is 19.1 Å². The van der Waals surface area contributed by atoms with Gasteiger partial charge in [0.25, 0.3) is 0 Å². The zero-order valence-electron chi connectivity index (χ0n) is 14.9.